The third-order valence-corrected chi connectivity index (χ3v) is 4.14. The molecule has 0 saturated heterocycles. The Labute approximate surface area is 147 Å². The number of aryl methyl sites for hydroxylation is 2. The Hall–Kier alpha value is -2.28. The van der Waals surface area contributed by atoms with Crippen molar-refractivity contribution in [1.29, 1.82) is 0 Å². The standard InChI is InChI=1S/C17H22N4O2S/c1-4-21-10-14(12(3)20-21)11(2)18-17(24)19-13-5-6-15-16(9-13)23-8-7-22-15/h5-6,9-11H,4,7-8H2,1-3H3,(H2,18,19,24)/t11-/m0/s1. The van der Waals surface area contributed by atoms with Gasteiger partial charge in [0.25, 0.3) is 0 Å². The quantitative estimate of drug-likeness (QED) is 0.830. The van der Waals surface area contributed by atoms with E-state index in [2.05, 4.69) is 35.8 Å². The molecule has 1 atom stereocenters. The molecule has 1 aromatic heterocycles. The van der Waals surface area contributed by atoms with Gasteiger partial charge in [-0.2, -0.15) is 5.10 Å². The molecule has 0 unspecified atom stereocenters. The second-order valence-corrected chi connectivity index (χ2v) is 6.11. The van der Waals surface area contributed by atoms with E-state index >= 15 is 0 Å². The summed E-state index contributed by atoms with van der Waals surface area (Å²) in [7, 11) is 0. The van der Waals surface area contributed by atoms with Crippen LogP contribution in [0.4, 0.5) is 5.69 Å². The second kappa shape index (κ2) is 7.09. The molecule has 1 aliphatic rings. The van der Waals surface area contributed by atoms with Crippen LogP contribution >= 0.6 is 12.2 Å². The molecule has 24 heavy (non-hydrogen) atoms. The summed E-state index contributed by atoms with van der Waals surface area (Å²) in [5, 5.41) is 11.5. The number of hydrogen-bond donors (Lipinski definition) is 2. The third-order valence-electron chi connectivity index (χ3n) is 3.92. The summed E-state index contributed by atoms with van der Waals surface area (Å²) in [6.45, 7) is 8.16. The maximum atomic E-state index is 5.59. The minimum absolute atomic E-state index is 0.0718. The molecular formula is C17H22N4O2S. The second-order valence-electron chi connectivity index (χ2n) is 5.70. The lowest BCUT2D eigenvalue weighted by molar-refractivity contribution is 0.171. The zero-order chi connectivity index (χ0) is 17.1. The van der Waals surface area contributed by atoms with Gasteiger partial charge in [-0.15, -0.1) is 0 Å². The average Bonchev–Trinajstić information content (AvgIpc) is 2.95. The van der Waals surface area contributed by atoms with Crippen molar-refractivity contribution < 1.29 is 9.47 Å². The zero-order valence-corrected chi connectivity index (χ0v) is 14.9. The van der Waals surface area contributed by atoms with Crippen LogP contribution in [-0.4, -0.2) is 28.1 Å². The Morgan fingerprint density at radius 1 is 1.33 bits per heavy atom. The van der Waals surface area contributed by atoms with Gasteiger partial charge in [0.05, 0.1) is 11.7 Å². The Balaban J connectivity index is 1.63. The average molecular weight is 346 g/mol. The van der Waals surface area contributed by atoms with E-state index in [9.17, 15) is 0 Å². The molecule has 2 N–H and O–H groups in total. The number of aromatic nitrogens is 2. The summed E-state index contributed by atoms with van der Waals surface area (Å²) >= 11 is 5.42. The predicted molar refractivity (Wildman–Crippen MR) is 97.8 cm³/mol. The van der Waals surface area contributed by atoms with Crippen molar-refractivity contribution in [3.63, 3.8) is 0 Å². The topological polar surface area (TPSA) is 60.3 Å². The third kappa shape index (κ3) is 3.62. The highest BCUT2D eigenvalue weighted by atomic mass is 32.1. The largest absolute Gasteiger partial charge is 0.486 e. The smallest absolute Gasteiger partial charge is 0.171 e. The maximum absolute atomic E-state index is 5.59. The summed E-state index contributed by atoms with van der Waals surface area (Å²) in [5.41, 5.74) is 3.02. The number of ether oxygens (including phenoxy) is 2. The van der Waals surface area contributed by atoms with Gasteiger partial charge in [-0.1, -0.05) is 0 Å². The van der Waals surface area contributed by atoms with Crippen LogP contribution in [0.25, 0.3) is 0 Å². The normalized spacial score (nSPS) is 14.1. The molecule has 2 aromatic rings. The van der Waals surface area contributed by atoms with Crippen molar-refractivity contribution >= 4 is 23.0 Å². The number of hydrogen-bond acceptors (Lipinski definition) is 4. The first-order valence-corrected chi connectivity index (χ1v) is 8.48. The van der Waals surface area contributed by atoms with Gasteiger partial charge in [-0.3, -0.25) is 4.68 Å². The highest BCUT2D eigenvalue weighted by Gasteiger charge is 2.15. The number of fused-ring (bicyclic) bond motifs is 1. The van der Waals surface area contributed by atoms with E-state index in [1.54, 1.807) is 0 Å². The molecule has 0 spiro atoms. The van der Waals surface area contributed by atoms with Crippen LogP contribution < -0.4 is 20.1 Å². The van der Waals surface area contributed by atoms with E-state index in [4.69, 9.17) is 21.7 Å². The first-order valence-electron chi connectivity index (χ1n) is 8.08. The van der Waals surface area contributed by atoms with E-state index in [0.717, 1.165) is 35.0 Å². The molecule has 7 heteroatoms. The van der Waals surface area contributed by atoms with E-state index in [1.807, 2.05) is 29.8 Å². The van der Waals surface area contributed by atoms with Crippen molar-refractivity contribution in [3.8, 4) is 11.5 Å². The number of benzene rings is 1. The number of nitrogens with zero attached hydrogens (tertiary/aromatic N) is 2. The minimum Gasteiger partial charge on any atom is -0.486 e. The van der Waals surface area contributed by atoms with Crippen molar-refractivity contribution in [2.24, 2.45) is 0 Å². The van der Waals surface area contributed by atoms with Gasteiger partial charge in [0, 0.05) is 30.1 Å². The van der Waals surface area contributed by atoms with E-state index in [1.165, 1.54) is 0 Å². The predicted octanol–water partition coefficient (Wildman–Crippen LogP) is 3.03. The summed E-state index contributed by atoms with van der Waals surface area (Å²) in [6, 6.07) is 5.78. The lowest BCUT2D eigenvalue weighted by atomic mass is 10.1. The van der Waals surface area contributed by atoms with Gasteiger partial charge in [-0.05, 0) is 45.1 Å². The number of rotatable bonds is 4. The molecule has 0 radical (unpaired) electrons. The van der Waals surface area contributed by atoms with Gasteiger partial charge in [-0.25, -0.2) is 0 Å². The lowest BCUT2D eigenvalue weighted by Crippen LogP contribution is -2.31. The molecule has 3 rings (SSSR count). The molecule has 0 aliphatic carbocycles. The first kappa shape index (κ1) is 16.6. The summed E-state index contributed by atoms with van der Waals surface area (Å²) in [4.78, 5) is 0. The highest BCUT2D eigenvalue weighted by molar-refractivity contribution is 7.80. The fraction of sp³-hybridized carbons (Fsp3) is 0.412. The van der Waals surface area contributed by atoms with Crippen molar-refractivity contribution in [2.75, 3.05) is 18.5 Å². The highest BCUT2D eigenvalue weighted by Crippen LogP contribution is 2.32. The van der Waals surface area contributed by atoms with Crippen LogP contribution in [0.5, 0.6) is 11.5 Å². The van der Waals surface area contributed by atoms with Gasteiger partial charge in [0.2, 0.25) is 0 Å². The molecule has 1 aliphatic heterocycles. The van der Waals surface area contributed by atoms with Crippen LogP contribution in [0.1, 0.15) is 31.1 Å². The number of nitrogens with one attached hydrogen (secondary N) is 2. The first-order chi connectivity index (χ1) is 11.6. The lowest BCUT2D eigenvalue weighted by Gasteiger charge is -2.20. The Kier molecular flexibility index (Phi) is 4.89. The van der Waals surface area contributed by atoms with E-state index < -0.39 is 0 Å². The molecule has 0 fully saturated rings. The van der Waals surface area contributed by atoms with Crippen LogP contribution in [0, 0.1) is 6.92 Å². The summed E-state index contributed by atoms with van der Waals surface area (Å²) in [5.74, 6) is 1.50. The van der Waals surface area contributed by atoms with Gasteiger partial charge in [0.15, 0.2) is 16.6 Å². The monoisotopic (exact) mass is 346 g/mol. The molecule has 128 valence electrons. The minimum atomic E-state index is 0.0718. The van der Waals surface area contributed by atoms with Crippen molar-refractivity contribution in [2.45, 2.75) is 33.4 Å². The molecule has 6 nitrogen and oxygen atoms in total. The number of thiocarbonyl (C=S) groups is 1. The summed E-state index contributed by atoms with van der Waals surface area (Å²) in [6.07, 6.45) is 2.06. The fourth-order valence-corrected chi connectivity index (χ4v) is 2.98. The molecule has 2 heterocycles. The van der Waals surface area contributed by atoms with Crippen LogP contribution in [0.2, 0.25) is 0 Å². The van der Waals surface area contributed by atoms with Crippen molar-refractivity contribution in [1.82, 2.24) is 15.1 Å². The molecule has 0 bridgehead atoms. The SMILES string of the molecule is CCn1cc([C@H](C)NC(=S)Nc2ccc3c(c2)OCCO3)c(C)n1. The van der Waals surface area contributed by atoms with Gasteiger partial charge < -0.3 is 20.1 Å². The van der Waals surface area contributed by atoms with Crippen molar-refractivity contribution in [3.05, 3.63) is 35.7 Å². The number of anilines is 1. The summed E-state index contributed by atoms with van der Waals surface area (Å²) < 4.78 is 13.0. The zero-order valence-electron chi connectivity index (χ0n) is 14.1. The van der Waals surface area contributed by atoms with Crippen LogP contribution in [0.15, 0.2) is 24.4 Å². The molecular weight excluding hydrogens is 324 g/mol. The molecule has 1 aromatic carbocycles. The fourth-order valence-electron chi connectivity index (χ4n) is 2.68. The van der Waals surface area contributed by atoms with Gasteiger partial charge in [0.1, 0.15) is 13.2 Å². The maximum Gasteiger partial charge on any atom is 0.171 e. The Morgan fingerprint density at radius 3 is 2.79 bits per heavy atom. The van der Waals surface area contributed by atoms with E-state index in [-0.39, 0.29) is 6.04 Å². The van der Waals surface area contributed by atoms with Crippen LogP contribution in [0.3, 0.4) is 0 Å². The molecule has 0 saturated carbocycles. The Morgan fingerprint density at radius 2 is 2.08 bits per heavy atom. The van der Waals surface area contributed by atoms with Gasteiger partial charge >= 0.3 is 0 Å². The Bertz CT molecular complexity index is 744. The van der Waals surface area contributed by atoms with E-state index in [0.29, 0.717) is 18.3 Å². The van der Waals surface area contributed by atoms with Crippen LogP contribution in [-0.2, 0) is 6.54 Å². The molecule has 0 amide bonds.